The number of hydrogen-bond acceptors (Lipinski definition) is 13. The van der Waals surface area contributed by atoms with E-state index in [0.717, 1.165) is 11.0 Å². The first kappa shape index (κ1) is 42.6. The van der Waals surface area contributed by atoms with E-state index in [-0.39, 0.29) is 102 Å². The third-order valence-corrected chi connectivity index (χ3v) is 11.1. The van der Waals surface area contributed by atoms with Gasteiger partial charge in [-0.1, -0.05) is 23.7 Å². The Morgan fingerprint density at radius 2 is 1.72 bits per heavy atom. The molecule has 3 aliphatic rings. The standard InChI is InChI=1S/C41H42ClF2N9O8/c1-22(54)51-14-16-52(17-15-51)37-24-21-25(42)33(34-26(43)6-4-8-29(34)55)35(44)36(24)48-41(49-37)46-12-11-31(57)50(2)18-20-61-19-13-45-27-7-3-5-23-32(27)40(60)53(39(23)59)28-9-10-30(56)47-38(28)58/h3-8,21,28,45,55H,9-20H2,1-2H3,(H,46,48,49)(H,47,56,58). The Balaban J connectivity index is 0.941. The van der Waals surface area contributed by atoms with E-state index in [0.29, 0.717) is 37.7 Å². The van der Waals surface area contributed by atoms with Crippen molar-refractivity contribution >= 4 is 75.4 Å². The van der Waals surface area contributed by atoms with E-state index >= 15 is 4.39 Å². The molecule has 2 saturated heterocycles. The second kappa shape index (κ2) is 18.0. The smallest absolute Gasteiger partial charge is 0.264 e. The summed E-state index contributed by atoms with van der Waals surface area (Å²) in [6.45, 7) is 3.97. The van der Waals surface area contributed by atoms with Gasteiger partial charge < -0.3 is 35.2 Å². The number of anilines is 3. The monoisotopic (exact) mass is 861 g/mol. The van der Waals surface area contributed by atoms with Crippen LogP contribution in [0.3, 0.4) is 0 Å². The second-order valence-corrected chi connectivity index (χ2v) is 15.1. The van der Waals surface area contributed by atoms with Gasteiger partial charge in [0.05, 0.1) is 34.9 Å². The highest BCUT2D eigenvalue weighted by atomic mass is 35.5. The quantitative estimate of drug-likeness (QED) is 0.106. The number of nitrogens with one attached hydrogen (secondary N) is 3. The van der Waals surface area contributed by atoms with Crippen molar-refractivity contribution in [1.29, 1.82) is 0 Å². The summed E-state index contributed by atoms with van der Waals surface area (Å²) in [4.78, 5) is 90.4. The Hall–Kier alpha value is -6.47. The number of carbonyl (C=O) groups excluding carboxylic acids is 6. The fourth-order valence-corrected chi connectivity index (χ4v) is 7.83. The summed E-state index contributed by atoms with van der Waals surface area (Å²) in [6, 6.07) is 8.68. The summed E-state index contributed by atoms with van der Waals surface area (Å²) >= 11 is 6.54. The van der Waals surface area contributed by atoms with Crippen LogP contribution in [0.25, 0.3) is 22.0 Å². The van der Waals surface area contributed by atoms with Gasteiger partial charge in [0, 0.05) is 89.3 Å². The number of imide groups is 2. The van der Waals surface area contributed by atoms with Gasteiger partial charge in [-0.05, 0) is 36.8 Å². The molecule has 6 amide bonds. The molecule has 4 N–H and O–H groups in total. The maximum atomic E-state index is 16.4. The van der Waals surface area contributed by atoms with Gasteiger partial charge in [-0.3, -0.25) is 39.0 Å². The second-order valence-electron chi connectivity index (χ2n) is 14.6. The number of aromatic nitrogens is 2. The molecule has 7 rings (SSSR count). The number of halogens is 3. The molecule has 1 unspecified atom stereocenters. The molecule has 0 aliphatic carbocycles. The van der Waals surface area contributed by atoms with Gasteiger partial charge in [-0.2, -0.15) is 4.98 Å². The predicted octanol–water partition coefficient (Wildman–Crippen LogP) is 3.39. The van der Waals surface area contributed by atoms with Crippen LogP contribution in [-0.4, -0.2) is 137 Å². The van der Waals surface area contributed by atoms with Crippen molar-refractivity contribution in [2.75, 3.05) is 81.6 Å². The number of piperidine rings is 1. The number of piperazine rings is 1. The van der Waals surface area contributed by atoms with Crippen LogP contribution in [0.2, 0.25) is 5.02 Å². The van der Waals surface area contributed by atoms with E-state index in [4.69, 9.17) is 16.3 Å². The molecule has 0 radical (unpaired) electrons. The number of hydrogen-bond donors (Lipinski definition) is 4. The molecule has 1 atom stereocenters. The molecule has 17 nitrogen and oxygen atoms in total. The first-order chi connectivity index (χ1) is 29.2. The Kier molecular flexibility index (Phi) is 12.6. The van der Waals surface area contributed by atoms with Gasteiger partial charge in [0.1, 0.15) is 28.9 Å². The highest BCUT2D eigenvalue weighted by Crippen LogP contribution is 2.42. The van der Waals surface area contributed by atoms with Crippen molar-refractivity contribution in [2.45, 2.75) is 32.2 Å². The molecule has 3 aromatic carbocycles. The van der Waals surface area contributed by atoms with Crippen LogP contribution in [0.5, 0.6) is 5.75 Å². The number of phenols is 1. The number of ether oxygens (including phenoxy) is 1. The van der Waals surface area contributed by atoms with Gasteiger partial charge in [0.25, 0.3) is 11.8 Å². The Bertz CT molecular complexity index is 2430. The zero-order valence-corrected chi connectivity index (χ0v) is 34.0. The first-order valence-corrected chi connectivity index (χ1v) is 19.9. The average Bonchev–Trinajstić information content (AvgIpc) is 3.48. The van der Waals surface area contributed by atoms with Crippen LogP contribution >= 0.6 is 11.6 Å². The molecule has 2 fully saturated rings. The summed E-state index contributed by atoms with van der Waals surface area (Å²) in [5.74, 6) is -4.76. The molecule has 4 aromatic rings. The summed E-state index contributed by atoms with van der Waals surface area (Å²) < 4.78 is 37.1. The van der Waals surface area contributed by atoms with Crippen molar-refractivity contribution in [2.24, 2.45) is 0 Å². The fraction of sp³-hybridized carbons (Fsp3) is 0.366. The summed E-state index contributed by atoms with van der Waals surface area (Å²) in [7, 11) is 1.61. The van der Waals surface area contributed by atoms with Gasteiger partial charge in [0.2, 0.25) is 29.6 Å². The van der Waals surface area contributed by atoms with Crippen molar-refractivity contribution in [3.63, 3.8) is 0 Å². The fourth-order valence-electron chi connectivity index (χ4n) is 7.54. The molecule has 0 spiro atoms. The minimum atomic E-state index is -1.08. The average molecular weight is 862 g/mol. The maximum Gasteiger partial charge on any atom is 0.264 e. The summed E-state index contributed by atoms with van der Waals surface area (Å²) in [6.07, 6.45) is 0.0708. The molecular weight excluding hydrogens is 820 g/mol. The Labute approximate surface area is 353 Å². The highest BCUT2D eigenvalue weighted by Gasteiger charge is 2.45. The number of amides is 6. The van der Waals surface area contributed by atoms with Crippen molar-refractivity contribution in [3.8, 4) is 16.9 Å². The predicted molar refractivity (Wildman–Crippen MR) is 219 cm³/mol. The van der Waals surface area contributed by atoms with Crippen LogP contribution < -0.4 is 20.9 Å². The van der Waals surface area contributed by atoms with Crippen LogP contribution in [0, 0.1) is 11.6 Å². The van der Waals surface area contributed by atoms with Crippen LogP contribution in [0.15, 0.2) is 42.5 Å². The number of nitrogens with zero attached hydrogens (tertiary/aromatic N) is 6. The Morgan fingerprint density at radius 1 is 0.967 bits per heavy atom. The maximum absolute atomic E-state index is 16.4. The van der Waals surface area contributed by atoms with Crippen LogP contribution in [0.1, 0.15) is 46.9 Å². The van der Waals surface area contributed by atoms with Gasteiger partial charge in [0.15, 0.2) is 5.82 Å². The van der Waals surface area contributed by atoms with E-state index in [1.54, 1.807) is 24.1 Å². The summed E-state index contributed by atoms with van der Waals surface area (Å²) in [5.41, 5.74) is -0.299. The topological polar surface area (TPSA) is 207 Å². The molecule has 0 saturated carbocycles. The lowest BCUT2D eigenvalue weighted by atomic mass is 10.0. The largest absolute Gasteiger partial charge is 0.507 e. The molecule has 20 heteroatoms. The van der Waals surface area contributed by atoms with E-state index < -0.39 is 52.6 Å². The number of phenolic OH excluding ortho intramolecular Hbond substituents is 1. The van der Waals surface area contributed by atoms with E-state index in [1.807, 2.05) is 4.90 Å². The molecule has 0 bridgehead atoms. The van der Waals surface area contributed by atoms with E-state index in [2.05, 4.69) is 25.9 Å². The van der Waals surface area contributed by atoms with Gasteiger partial charge in [-0.25, -0.2) is 13.8 Å². The normalized spacial score (nSPS) is 16.5. The Morgan fingerprint density at radius 3 is 2.44 bits per heavy atom. The molecular formula is C41H42ClF2N9O8. The van der Waals surface area contributed by atoms with Crippen LogP contribution in [0.4, 0.5) is 26.2 Å². The molecule has 1 aromatic heterocycles. The van der Waals surface area contributed by atoms with Crippen LogP contribution in [-0.2, 0) is 23.9 Å². The third-order valence-electron chi connectivity index (χ3n) is 10.8. The minimum absolute atomic E-state index is 0.00519. The van der Waals surface area contributed by atoms with E-state index in [1.165, 1.54) is 36.1 Å². The number of benzene rings is 3. The van der Waals surface area contributed by atoms with Gasteiger partial charge >= 0.3 is 0 Å². The molecule has 3 aliphatic heterocycles. The number of rotatable bonds is 14. The molecule has 320 valence electrons. The minimum Gasteiger partial charge on any atom is -0.507 e. The lowest BCUT2D eigenvalue weighted by Crippen LogP contribution is -2.54. The summed E-state index contributed by atoms with van der Waals surface area (Å²) in [5, 5.41) is 18.8. The zero-order valence-electron chi connectivity index (χ0n) is 33.2. The molecule has 61 heavy (non-hydrogen) atoms. The van der Waals surface area contributed by atoms with Crippen molar-refractivity contribution < 1.29 is 47.4 Å². The highest BCUT2D eigenvalue weighted by molar-refractivity contribution is 6.34. The molecule has 4 heterocycles. The van der Waals surface area contributed by atoms with E-state index in [9.17, 15) is 38.3 Å². The zero-order chi connectivity index (χ0) is 43.5. The van der Waals surface area contributed by atoms with Crippen molar-refractivity contribution in [1.82, 2.24) is 30.0 Å². The lowest BCUT2D eigenvalue weighted by Gasteiger charge is -2.35. The SMILES string of the molecule is CC(=O)N1CCN(c2nc(NCCC(=O)N(C)CCOCCNc3cccc4c3C(=O)N(C3CCC(=O)NC3=O)C4=O)nc3c(F)c(-c4c(O)cccc4F)c(Cl)cc23)CC1. The van der Waals surface area contributed by atoms with Crippen molar-refractivity contribution in [3.05, 3.63) is 70.2 Å². The van der Waals surface area contributed by atoms with Gasteiger partial charge in [-0.15, -0.1) is 0 Å². The number of likely N-dealkylation sites (N-methyl/N-ethyl adjacent to an activating group) is 1. The first-order valence-electron chi connectivity index (χ1n) is 19.6. The number of carbonyl (C=O) groups is 6. The lowest BCUT2D eigenvalue weighted by molar-refractivity contribution is -0.136. The third kappa shape index (κ3) is 8.74. The number of aromatic hydroxyl groups is 1. The number of fused-ring (bicyclic) bond motifs is 2.